The summed E-state index contributed by atoms with van der Waals surface area (Å²) in [7, 11) is 0. The first-order chi connectivity index (χ1) is 8.23. The fourth-order valence-corrected chi connectivity index (χ4v) is 2.23. The molecule has 19 heavy (non-hydrogen) atoms. The van der Waals surface area contributed by atoms with E-state index in [1.54, 1.807) is 0 Å². The normalized spacial score (nSPS) is 14.2. The Kier molecular flexibility index (Phi) is 7.05. The molecule has 0 saturated heterocycles. The molecule has 0 fully saturated rings. The molecule has 0 aliphatic carbocycles. The lowest BCUT2D eigenvalue weighted by atomic mass is 9.86. The highest BCUT2D eigenvalue weighted by Crippen LogP contribution is 2.24. The first-order valence-electron chi connectivity index (χ1n) is 6.04. The molecule has 0 aliphatic rings. The van der Waals surface area contributed by atoms with Crippen LogP contribution in [0.2, 0.25) is 0 Å². The quantitative estimate of drug-likeness (QED) is 0.878. The van der Waals surface area contributed by atoms with Gasteiger partial charge in [0, 0.05) is 4.47 Å². The molecule has 1 amide bonds. The van der Waals surface area contributed by atoms with Gasteiger partial charge in [-0.15, -0.1) is 12.4 Å². The van der Waals surface area contributed by atoms with E-state index in [2.05, 4.69) is 21.2 Å². The van der Waals surface area contributed by atoms with Crippen molar-refractivity contribution in [1.29, 1.82) is 0 Å². The van der Waals surface area contributed by atoms with Gasteiger partial charge in [-0.25, -0.2) is 0 Å². The Bertz CT molecular complexity index is 432. The summed E-state index contributed by atoms with van der Waals surface area (Å²) in [5.74, 6) is -0.120. The smallest absolute Gasteiger partial charge is 0.237 e. The highest BCUT2D eigenvalue weighted by molar-refractivity contribution is 9.10. The Morgan fingerprint density at radius 1 is 1.32 bits per heavy atom. The summed E-state index contributed by atoms with van der Waals surface area (Å²) in [4.78, 5) is 12.0. The minimum absolute atomic E-state index is 0. The van der Waals surface area contributed by atoms with Gasteiger partial charge in [-0.2, -0.15) is 0 Å². The topological polar surface area (TPSA) is 55.1 Å². The molecule has 108 valence electrons. The van der Waals surface area contributed by atoms with Gasteiger partial charge < -0.3 is 11.1 Å². The summed E-state index contributed by atoms with van der Waals surface area (Å²) in [6, 6.07) is 7.26. The third-order valence-corrected chi connectivity index (χ3v) is 3.67. The monoisotopic (exact) mass is 348 g/mol. The van der Waals surface area contributed by atoms with E-state index >= 15 is 0 Å². The van der Waals surface area contributed by atoms with Crippen LogP contribution >= 0.6 is 28.3 Å². The maximum Gasteiger partial charge on any atom is 0.237 e. The van der Waals surface area contributed by atoms with Crippen molar-refractivity contribution in [2.45, 2.75) is 39.8 Å². The van der Waals surface area contributed by atoms with E-state index in [4.69, 9.17) is 5.73 Å². The molecule has 1 rings (SSSR count). The molecule has 0 saturated carbocycles. The van der Waals surface area contributed by atoms with Crippen molar-refractivity contribution >= 4 is 34.2 Å². The van der Waals surface area contributed by atoms with Gasteiger partial charge in [-0.1, -0.05) is 54.9 Å². The maximum absolute atomic E-state index is 12.0. The number of carbonyl (C=O) groups is 1. The molecule has 5 heteroatoms. The predicted octanol–water partition coefficient (Wildman–Crippen LogP) is 3.42. The first-order valence-corrected chi connectivity index (χ1v) is 6.83. The molecule has 0 radical (unpaired) electrons. The summed E-state index contributed by atoms with van der Waals surface area (Å²) in [5, 5.41) is 2.95. The van der Waals surface area contributed by atoms with Crippen LogP contribution < -0.4 is 11.1 Å². The lowest BCUT2D eigenvalue weighted by molar-refractivity contribution is -0.125. The van der Waals surface area contributed by atoms with E-state index < -0.39 is 6.04 Å². The van der Waals surface area contributed by atoms with Gasteiger partial charge in [-0.3, -0.25) is 4.79 Å². The standard InChI is InChI=1S/C14H21BrN2O.ClH/c1-9(10-7-5-6-8-11(10)15)17-13(18)12(16)14(2,3)4;/h5-9,12H,16H2,1-4H3,(H,17,18);1H/t9?,12-;/m1./s1. The number of nitrogens with two attached hydrogens (primary N) is 1. The minimum atomic E-state index is -0.512. The summed E-state index contributed by atoms with van der Waals surface area (Å²) in [5.41, 5.74) is 6.74. The Hall–Kier alpha value is -0.580. The molecule has 1 aromatic carbocycles. The van der Waals surface area contributed by atoms with Crippen LogP contribution in [0.5, 0.6) is 0 Å². The van der Waals surface area contributed by atoms with E-state index in [1.165, 1.54) is 0 Å². The van der Waals surface area contributed by atoms with Gasteiger partial charge in [0.15, 0.2) is 0 Å². The van der Waals surface area contributed by atoms with Crippen molar-refractivity contribution in [2.75, 3.05) is 0 Å². The number of hydrogen-bond donors (Lipinski definition) is 2. The van der Waals surface area contributed by atoms with E-state index in [0.29, 0.717) is 0 Å². The SMILES string of the molecule is CC(NC(=O)[C@@H](N)C(C)(C)C)c1ccccc1Br.Cl. The van der Waals surface area contributed by atoms with Crippen molar-refractivity contribution < 1.29 is 4.79 Å². The molecule has 2 atom stereocenters. The molecule has 0 bridgehead atoms. The second-order valence-corrected chi connectivity index (χ2v) is 6.45. The number of amides is 1. The fraction of sp³-hybridized carbons (Fsp3) is 0.500. The number of benzene rings is 1. The number of nitrogens with one attached hydrogen (secondary N) is 1. The zero-order valence-corrected chi connectivity index (χ0v) is 14.1. The Balaban J connectivity index is 0.00000324. The van der Waals surface area contributed by atoms with Crippen LogP contribution in [0.1, 0.15) is 39.3 Å². The van der Waals surface area contributed by atoms with Crippen molar-refractivity contribution in [1.82, 2.24) is 5.32 Å². The fourth-order valence-electron chi connectivity index (χ4n) is 1.60. The van der Waals surface area contributed by atoms with Crippen molar-refractivity contribution in [3.8, 4) is 0 Å². The van der Waals surface area contributed by atoms with Crippen LogP contribution in [0.15, 0.2) is 28.7 Å². The summed E-state index contributed by atoms with van der Waals surface area (Å²) in [6.07, 6.45) is 0. The Morgan fingerprint density at radius 3 is 2.32 bits per heavy atom. The lowest BCUT2D eigenvalue weighted by Crippen LogP contribution is -2.49. The van der Waals surface area contributed by atoms with Gasteiger partial charge in [0.2, 0.25) is 5.91 Å². The van der Waals surface area contributed by atoms with Gasteiger partial charge in [0.05, 0.1) is 12.1 Å². The van der Waals surface area contributed by atoms with Crippen LogP contribution in [0, 0.1) is 5.41 Å². The third kappa shape index (κ3) is 5.13. The zero-order valence-electron chi connectivity index (χ0n) is 11.7. The summed E-state index contributed by atoms with van der Waals surface area (Å²) in [6.45, 7) is 7.83. The maximum atomic E-state index is 12.0. The van der Waals surface area contributed by atoms with E-state index in [-0.39, 0.29) is 29.8 Å². The average Bonchev–Trinajstić information content (AvgIpc) is 2.27. The Morgan fingerprint density at radius 2 is 1.84 bits per heavy atom. The van der Waals surface area contributed by atoms with Crippen LogP contribution in [0.4, 0.5) is 0 Å². The number of carbonyl (C=O) groups excluding carboxylic acids is 1. The van der Waals surface area contributed by atoms with Crippen LogP contribution in [0.3, 0.4) is 0 Å². The molecule has 1 unspecified atom stereocenters. The van der Waals surface area contributed by atoms with Crippen LogP contribution in [-0.2, 0) is 4.79 Å². The zero-order chi connectivity index (χ0) is 13.9. The first kappa shape index (κ1) is 18.4. The second-order valence-electron chi connectivity index (χ2n) is 5.60. The largest absolute Gasteiger partial charge is 0.348 e. The number of rotatable bonds is 3. The van der Waals surface area contributed by atoms with Gasteiger partial charge >= 0.3 is 0 Å². The van der Waals surface area contributed by atoms with Crippen LogP contribution in [0.25, 0.3) is 0 Å². The molecule has 3 nitrogen and oxygen atoms in total. The highest BCUT2D eigenvalue weighted by Gasteiger charge is 2.28. The molecule has 0 spiro atoms. The molecule has 1 aromatic rings. The van der Waals surface area contributed by atoms with E-state index in [0.717, 1.165) is 10.0 Å². The lowest BCUT2D eigenvalue weighted by Gasteiger charge is -2.27. The Labute approximate surface area is 129 Å². The summed E-state index contributed by atoms with van der Waals surface area (Å²) < 4.78 is 0.988. The summed E-state index contributed by atoms with van der Waals surface area (Å²) >= 11 is 3.48. The molecule has 0 aromatic heterocycles. The molecule has 0 heterocycles. The average molecular weight is 350 g/mol. The molecular weight excluding hydrogens is 328 g/mol. The highest BCUT2D eigenvalue weighted by atomic mass is 79.9. The third-order valence-electron chi connectivity index (χ3n) is 2.95. The molecule has 0 aliphatic heterocycles. The molecule has 3 N–H and O–H groups in total. The van der Waals surface area contributed by atoms with Gasteiger partial charge in [0.25, 0.3) is 0 Å². The predicted molar refractivity (Wildman–Crippen MR) is 85.4 cm³/mol. The van der Waals surface area contributed by atoms with Gasteiger partial charge in [0.1, 0.15) is 0 Å². The second kappa shape index (κ2) is 7.27. The van der Waals surface area contributed by atoms with Crippen molar-refractivity contribution in [3.63, 3.8) is 0 Å². The van der Waals surface area contributed by atoms with Crippen molar-refractivity contribution in [3.05, 3.63) is 34.3 Å². The van der Waals surface area contributed by atoms with Crippen molar-refractivity contribution in [2.24, 2.45) is 11.1 Å². The number of halogens is 2. The van der Waals surface area contributed by atoms with Crippen LogP contribution in [-0.4, -0.2) is 11.9 Å². The minimum Gasteiger partial charge on any atom is -0.348 e. The number of hydrogen-bond acceptors (Lipinski definition) is 2. The van der Waals surface area contributed by atoms with E-state index in [1.807, 2.05) is 52.0 Å². The van der Waals surface area contributed by atoms with E-state index in [9.17, 15) is 4.79 Å². The van der Waals surface area contributed by atoms with Gasteiger partial charge in [-0.05, 0) is 24.0 Å². The molecular formula is C14H22BrClN2O.